The molecule has 7 heteroatoms. The summed E-state index contributed by atoms with van der Waals surface area (Å²) >= 11 is 0. The lowest BCUT2D eigenvalue weighted by Gasteiger charge is -2.45. The molecule has 0 unspecified atom stereocenters. The van der Waals surface area contributed by atoms with Crippen LogP contribution in [-0.4, -0.2) is 50.8 Å². The van der Waals surface area contributed by atoms with Gasteiger partial charge in [0.1, 0.15) is 11.4 Å². The van der Waals surface area contributed by atoms with Gasteiger partial charge in [0.2, 0.25) is 0 Å². The number of likely N-dealkylation sites (N-methyl/N-ethyl adjacent to an activating group) is 1. The number of unbranched alkanes of at least 4 members (excludes halogenated alkanes) is 1. The van der Waals surface area contributed by atoms with Crippen molar-refractivity contribution in [2.24, 2.45) is 0 Å². The van der Waals surface area contributed by atoms with E-state index >= 15 is 0 Å². The minimum absolute atomic E-state index is 0. The predicted molar refractivity (Wildman–Crippen MR) is 144 cm³/mol. The first kappa shape index (κ1) is 29.9. The molecule has 200 valence electrons. The maximum absolute atomic E-state index is 13.9. The van der Waals surface area contributed by atoms with Crippen LogP contribution in [0.1, 0.15) is 68.6 Å². The number of hydrogen-bond acceptors (Lipinski definition) is 5. The van der Waals surface area contributed by atoms with Crippen LogP contribution in [0.2, 0.25) is 0 Å². The van der Waals surface area contributed by atoms with Crippen molar-refractivity contribution in [2.75, 3.05) is 34.4 Å². The Hall–Kier alpha value is -2.31. The van der Waals surface area contributed by atoms with Gasteiger partial charge in [-0.1, -0.05) is 31.9 Å². The third-order valence-corrected chi connectivity index (χ3v) is 7.27. The molecule has 0 amide bonds. The Morgan fingerprint density at radius 1 is 1.11 bits per heavy atom. The van der Waals surface area contributed by atoms with E-state index in [4.69, 9.17) is 14.2 Å². The van der Waals surface area contributed by atoms with Crippen LogP contribution >= 0.6 is 12.4 Å². The Bertz CT molecular complexity index is 1000. The van der Waals surface area contributed by atoms with E-state index in [9.17, 15) is 9.18 Å². The van der Waals surface area contributed by atoms with E-state index in [1.54, 1.807) is 20.3 Å². The molecule has 2 aromatic rings. The highest BCUT2D eigenvalue weighted by Crippen LogP contribution is 2.47. The lowest BCUT2D eigenvalue weighted by molar-refractivity contribution is -0.163. The maximum atomic E-state index is 13.9. The number of carbonyl (C=O) groups excluding carboxylic acids is 1. The minimum atomic E-state index is -0.566. The number of halogens is 2. The van der Waals surface area contributed by atoms with Crippen molar-refractivity contribution in [3.05, 3.63) is 58.9 Å². The topological polar surface area (TPSA) is 48.0 Å². The number of fused-ring (bicyclic) bond motifs is 1. The first-order chi connectivity index (χ1) is 16.8. The SMILES string of the molecule is CCCC[C@H]1c2ccc(F)cc2CC[C@@]1(CCN(C)CCc1ccc(OC)c(OC)c1)OC(C)=O.Cl. The quantitative estimate of drug-likeness (QED) is 0.304. The Morgan fingerprint density at radius 3 is 2.53 bits per heavy atom. The first-order valence-corrected chi connectivity index (χ1v) is 12.7. The molecule has 1 aliphatic rings. The average Bonchev–Trinajstić information content (AvgIpc) is 2.85. The normalized spacial score (nSPS) is 18.8. The van der Waals surface area contributed by atoms with Gasteiger partial charge >= 0.3 is 5.97 Å². The number of esters is 1. The lowest BCUT2D eigenvalue weighted by atomic mass is 9.68. The smallest absolute Gasteiger partial charge is 0.303 e. The Morgan fingerprint density at radius 2 is 1.86 bits per heavy atom. The molecule has 0 aliphatic heterocycles. The van der Waals surface area contributed by atoms with Crippen LogP contribution in [0, 0.1) is 5.82 Å². The van der Waals surface area contributed by atoms with Crippen LogP contribution in [0.3, 0.4) is 0 Å². The molecular formula is C29H41ClFNO4. The molecule has 0 saturated carbocycles. The van der Waals surface area contributed by atoms with Gasteiger partial charge < -0.3 is 19.1 Å². The van der Waals surface area contributed by atoms with Crippen molar-refractivity contribution in [3.63, 3.8) is 0 Å². The van der Waals surface area contributed by atoms with Gasteiger partial charge in [0.05, 0.1) is 14.2 Å². The molecule has 0 spiro atoms. The van der Waals surface area contributed by atoms with Gasteiger partial charge in [-0.15, -0.1) is 12.4 Å². The summed E-state index contributed by atoms with van der Waals surface area (Å²) in [4.78, 5) is 14.5. The summed E-state index contributed by atoms with van der Waals surface area (Å²) in [6.07, 6.45) is 6.10. The number of aryl methyl sites for hydroxylation is 1. The third kappa shape index (κ3) is 7.36. The van der Waals surface area contributed by atoms with E-state index in [1.165, 1.54) is 18.6 Å². The van der Waals surface area contributed by atoms with Gasteiger partial charge in [0, 0.05) is 32.4 Å². The predicted octanol–water partition coefficient (Wildman–Crippen LogP) is 6.35. The van der Waals surface area contributed by atoms with Crippen LogP contribution in [0.25, 0.3) is 0 Å². The van der Waals surface area contributed by atoms with E-state index in [0.717, 1.165) is 80.7 Å². The Balaban J connectivity index is 0.00000456. The molecule has 5 nitrogen and oxygen atoms in total. The second-order valence-electron chi connectivity index (χ2n) is 9.69. The number of methoxy groups -OCH3 is 2. The molecule has 0 radical (unpaired) electrons. The van der Waals surface area contributed by atoms with E-state index in [1.807, 2.05) is 18.2 Å². The van der Waals surface area contributed by atoms with Gasteiger partial charge in [0.15, 0.2) is 11.5 Å². The summed E-state index contributed by atoms with van der Waals surface area (Å²) in [5.41, 5.74) is 2.80. The van der Waals surface area contributed by atoms with Crippen molar-refractivity contribution in [2.45, 2.75) is 70.3 Å². The second kappa shape index (κ2) is 13.8. The van der Waals surface area contributed by atoms with Crippen LogP contribution in [0.15, 0.2) is 36.4 Å². The molecule has 3 rings (SSSR count). The van der Waals surface area contributed by atoms with Gasteiger partial charge in [0.25, 0.3) is 0 Å². The zero-order valence-electron chi connectivity index (χ0n) is 22.3. The zero-order valence-corrected chi connectivity index (χ0v) is 23.1. The van der Waals surface area contributed by atoms with Crippen molar-refractivity contribution < 1.29 is 23.4 Å². The van der Waals surface area contributed by atoms with Gasteiger partial charge in [-0.3, -0.25) is 4.79 Å². The van der Waals surface area contributed by atoms with E-state index < -0.39 is 5.60 Å². The molecule has 0 saturated heterocycles. The van der Waals surface area contributed by atoms with Crippen molar-refractivity contribution in [3.8, 4) is 11.5 Å². The Labute approximate surface area is 221 Å². The fraction of sp³-hybridized carbons (Fsp3) is 0.552. The first-order valence-electron chi connectivity index (χ1n) is 12.7. The summed E-state index contributed by atoms with van der Waals surface area (Å²) in [5, 5.41) is 0. The van der Waals surface area contributed by atoms with Crippen molar-refractivity contribution in [1.29, 1.82) is 0 Å². The number of rotatable bonds is 12. The molecule has 1 aliphatic carbocycles. The second-order valence-corrected chi connectivity index (χ2v) is 9.69. The van der Waals surface area contributed by atoms with Crippen LogP contribution in [0.5, 0.6) is 11.5 Å². The molecule has 36 heavy (non-hydrogen) atoms. The zero-order chi connectivity index (χ0) is 25.4. The highest BCUT2D eigenvalue weighted by Gasteiger charge is 2.45. The molecule has 0 aromatic heterocycles. The van der Waals surface area contributed by atoms with E-state index in [2.05, 4.69) is 24.9 Å². The number of hydrogen-bond donors (Lipinski definition) is 0. The number of ether oxygens (including phenoxy) is 3. The fourth-order valence-corrected chi connectivity index (χ4v) is 5.37. The van der Waals surface area contributed by atoms with Crippen molar-refractivity contribution in [1.82, 2.24) is 4.90 Å². The van der Waals surface area contributed by atoms with Gasteiger partial charge in [-0.05, 0) is 73.7 Å². The van der Waals surface area contributed by atoms with Gasteiger partial charge in [-0.25, -0.2) is 4.39 Å². The number of nitrogens with zero attached hydrogens (tertiary/aromatic N) is 1. The summed E-state index contributed by atoms with van der Waals surface area (Å²) in [6, 6.07) is 11.1. The molecule has 0 N–H and O–H groups in total. The number of benzene rings is 2. The minimum Gasteiger partial charge on any atom is -0.493 e. The Kier molecular flexibility index (Phi) is 11.5. The fourth-order valence-electron chi connectivity index (χ4n) is 5.37. The largest absolute Gasteiger partial charge is 0.493 e. The highest BCUT2D eigenvalue weighted by atomic mass is 35.5. The van der Waals surface area contributed by atoms with Crippen LogP contribution < -0.4 is 9.47 Å². The standard InChI is InChI=1S/C29H40FNO4.ClH/c1-6-7-8-26-25-11-10-24(30)20-23(25)13-15-29(26,35-21(2)32)16-18-31(3)17-14-22-9-12-27(33-4)28(19-22)34-5;/h9-12,19-20,26H,6-8,13-18H2,1-5H3;1H/t26-,29-;/m0./s1. The van der Waals surface area contributed by atoms with Crippen LogP contribution in [-0.2, 0) is 22.4 Å². The monoisotopic (exact) mass is 521 g/mol. The van der Waals surface area contributed by atoms with Crippen LogP contribution in [0.4, 0.5) is 4.39 Å². The maximum Gasteiger partial charge on any atom is 0.303 e. The molecule has 0 heterocycles. The molecular weight excluding hydrogens is 481 g/mol. The summed E-state index contributed by atoms with van der Waals surface area (Å²) in [7, 11) is 5.39. The summed E-state index contributed by atoms with van der Waals surface area (Å²) < 4.78 is 30.9. The average molecular weight is 522 g/mol. The highest BCUT2D eigenvalue weighted by molar-refractivity contribution is 5.85. The van der Waals surface area contributed by atoms with Gasteiger partial charge in [-0.2, -0.15) is 0 Å². The van der Waals surface area contributed by atoms with Crippen molar-refractivity contribution >= 4 is 18.4 Å². The summed E-state index contributed by atoms with van der Waals surface area (Å²) in [5.74, 6) is 1.09. The molecule has 2 aromatic carbocycles. The molecule has 0 bridgehead atoms. The third-order valence-electron chi connectivity index (χ3n) is 7.27. The molecule has 2 atom stereocenters. The van der Waals surface area contributed by atoms with E-state index in [-0.39, 0.29) is 30.1 Å². The molecule has 0 fully saturated rings. The lowest BCUT2D eigenvalue weighted by Crippen LogP contribution is -2.46. The van der Waals surface area contributed by atoms with E-state index in [0.29, 0.717) is 0 Å². The summed E-state index contributed by atoms with van der Waals surface area (Å²) in [6.45, 7) is 5.34. The number of carbonyl (C=O) groups is 1.